The van der Waals surface area contributed by atoms with E-state index in [0.717, 1.165) is 42.3 Å². The fourth-order valence-corrected chi connectivity index (χ4v) is 2.74. The topological polar surface area (TPSA) is 75.1 Å². The molecule has 0 spiro atoms. The Hall–Kier alpha value is -2.89. The lowest BCUT2D eigenvalue weighted by atomic mass is 10.1. The molecule has 0 saturated carbocycles. The smallest absolute Gasteiger partial charge is 0.191 e. The van der Waals surface area contributed by atoms with Gasteiger partial charge in [-0.15, -0.1) is 0 Å². The van der Waals surface area contributed by atoms with E-state index in [1.807, 2.05) is 37.3 Å². The van der Waals surface area contributed by atoms with Gasteiger partial charge in [-0.05, 0) is 43.0 Å². The molecule has 0 bridgehead atoms. The number of hydrogen-bond acceptors (Lipinski definition) is 4. The molecule has 0 radical (unpaired) electrons. The maximum atomic E-state index is 10.0. The second kappa shape index (κ2) is 11.0. The molecule has 0 saturated heterocycles. The van der Waals surface area contributed by atoms with Crippen molar-refractivity contribution in [1.82, 2.24) is 10.6 Å². The minimum atomic E-state index is 0.235. The predicted octanol–water partition coefficient (Wildman–Crippen LogP) is 2.75. The van der Waals surface area contributed by atoms with Crippen molar-refractivity contribution in [3.8, 4) is 17.2 Å². The Morgan fingerprint density at radius 1 is 1.00 bits per heavy atom. The molecule has 0 atom stereocenters. The summed E-state index contributed by atoms with van der Waals surface area (Å²) in [4.78, 5) is 4.59. The van der Waals surface area contributed by atoms with E-state index < -0.39 is 0 Å². The summed E-state index contributed by atoms with van der Waals surface area (Å²) in [5, 5.41) is 16.6. The molecular weight excluding hydrogens is 342 g/mol. The number of ether oxygens (including phenoxy) is 2. The standard InChI is InChI=1S/C21H29N3O3/c1-4-22-21(24-14-12-17-7-5-6-8-20(17)27-3)23-13-11-16-9-10-18(26-2)15-19(16)25/h5-10,15,25H,4,11-14H2,1-3H3,(H2,22,23,24). The first-order valence-corrected chi connectivity index (χ1v) is 9.17. The van der Waals surface area contributed by atoms with Crippen molar-refractivity contribution in [1.29, 1.82) is 0 Å². The van der Waals surface area contributed by atoms with Crippen LogP contribution in [0.3, 0.4) is 0 Å². The Bertz CT molecular complexity index is 747. The normalized spacial score (nSPS) is 11.1. The van der Waals surface area contributed by atoms with Gasteiger partial charge in [-0.2, -0.15) is 0 Å². The molecule has 0 heterocycles. The van der Waals surface area contributed by atoms with Crippen LogP contribution in [0.25, 0.3) is 0 Å². The fourth-order valence-electron chi connectivity index (χ4n) is 2.74. The summed E-state index contributed by atoms with van der Waals surface area (Å²) in [6.07, 6.45) is 1.49. The summed E-state index contributed by atoms with van der Waals surface area (Å²) in [7, 11) is 3.27. The summed E-state index contributed by atoms with van der Waals surface area (Å²) < 4.78 is 10.5. The van der Waals surface area contributed by atoms with Gasteiger partial charge in [0.15, 0.2) is 5.96 Å². The average Bonchev–Trinajstić information content (AvgIpc) is 2.69. The van der Waals surface area contributed by atoms with Crippen molar-refractivity contribution in [2.45, 2.75) is 19.8 Å². The third-order valence-electron chi connectivity index (χ3n) is 4.17. The molecule has 0 aliphatic rings. The van der Waals surface area contributed by atoms with E-state index in [1.165, 1.54) is 0 Å². The van der Waals surface area contributed by atoms with Gasteiger partial charge in [-0.3, -0.25) is 4.99 Å². The van der Waals surface area contributed by atoms with E-state index in [2.05, 4.69) is 21.7 Å². The highest BCUT2D eigenvalue weighted by Gasteiger charge is 2.05. The van der Waals surface area contributed by atoms with Crippen LogP contribution in [0.15, 0.2) is 47.5 Å². The Balaban J connectivity index is 1.88. The molecule has 0 amide bonds. The van der Waals surface area contributed by atoms with E-state index >= 15 is 0 Å². The number of phenolic OH excluding ortho intramolecular Hbond substituents is 1. The maximum Gasteiger partial charge on any atom is 0.191 e. The van der Waals surface area contributed by atoms with Crippen LogP contribution in [0.2, 0.25) is 0 Å². The van der Waals surface area contributed by atoms with Gasteiger partial charge in [0.2, 0.25) is 0 Å². The summed E-state index contributed by atoms with van der Waals surface area (Å²) in [6.45, 7) is 4.14. The SMILES string of the molecule is CCNC(=NCCc1ccc(OC)cc1O)NCCc1ccccc1OC. The molecular formula is C21H29N3O3. The number of benzene rings is 2. The van der Waals surface area contributed by atoms with Crippen LogP contribution in [0, 0.1) is 0 Å². The highest BCUT2D eigenvalue weighted by molar-refractivity contribution is 5.79. The van der Waals surface area contributed by atoms with Crippen LogP contribution in [0.4, 0.5) is 0 Å². The first kappa shape index (κ1) is 20.4. The Labute approximate surface area is 161 Å². The molecule has 0 aromatic heterocycles. The van der Waals surface area contributed by atoms with Crippen molar-refractivity contribution < 1.29 is 14.6 Å². The molecule has 0 fully saturated rings. The molecule has 2 aromatic carbocycles. The van der Waals surface area contributed by atoms with Gasteiger partial charge in [0, 0.05) is 25.7 Å². The summed E-state index contributed by atoms with van der Waals surface area (Å²) in [6, 6.07) is 13.3. The van der Waals surface area contributed by atoms with Crippen LogP contribution in [0.1, 0.15) is 18.1 Å². The van der Waals surface area contributed by atoms with E-state index in [-0.39, 0.29) is 5.75 Å². The number of aliphatic imine (C=N–C) groups is 1. The average molecular weight is 371 g/mol. The van der Waals surface area contributed by atoms with Gasteiger partial charge in [-0.25, -0.2) is 0 Å². The number of para-hydroxylation sites is 1. The van der Waals surface area contributed by atoms with E-state index in [9.17, 15) is 5.11 Å². The van der Waals surface area contributed by atoms with Gasteiger partial charge in [-0.1, -0.05) is 24.3 Å². The van der Waals surface area contributed by atoms with Crippen LogP contribution >= 0.6 is 0 Å². The number of phenols is 1. The van der Waals surface area contributed by atoms with Gasteiger partial charge in [0.05, 0.1) is 14.2 Å². The zero-order chi connectivity index (χ0) is 19.5. The molecule has 3 N–H and O–H groups in total. The molecule has 0 unspecified atom stereocenters. The van der Waals surface area contributed by atoms with Crippen LogP contribution < -0.4 is 20.1 Å². The van der Waals surface area contributed by atoms with Gasteiger partial charge >= 0.3 is 0 Å². The summed E-state index contributed by atoms with van der Waals surface area (Å²) in [5.74, 6) is 2.54. The molecule has 27 heavy (non-hydrogen) atoms. The van der Waals surface area contributed by atoms with E-state index in [0.29, 0.717) is 18.7 Å². The van der Waals surface area contributed by atoms with Crippen molar-refractivity contribution in [2.24, 2.45) is 4.99 Å². The van der Waals surface area contributed by atoms with E-state index in [1.54, 1.807) is 20.3 Å². The third-order valence-corrected chi connectivity index (χ3v) is 4.17. The zero-order valence-electron chi connectivity index (χ0n) is 16.3. The van der Waals surface area contributed by atoms with Crippen molar-refractivity contribution in [2.75, 3.05) is 33.9 Å². The molecule has 146 valence electrons. The lowest BCUT2D eigenvalue weighted by Gasteiger charge is -2.13. The lowest BCUT2D eigenvalue weighted by molar-refractivity contribution is 0.406. The largest absolute Gasteiger partial charge is 0.508 e. The lowest BCUT2D eigenvalue weighted by Crippen LogP contribution is -2.38. The zero-order valence-corrected chi connectivity index (χ0v) is 16.3. The minimum Gasteiger partial charge on any atom is -0.508 e. The highest BCUT2D eigenvalue weighted by Crippen LogP contribution is 2.23. The van der Waals surface area contributed by atoms with Gasteiger partial charge in [0.25, 0.3) is 0 Å². The van der Waals surface area contributed by atoms with Crippen molar-refractivity contribution >= 4 is 5.96 Å². The summed E-state index contributed by atoms with van der Waals surface area (Å²) in [5.41, 5.74) is 2.01. The monoisotopic (exact) mass is 371 g/mol. The Morgan fingerprint density at radius 3 is 2.52 bits per heavy atom. The quantitative estimate of drug-likeness (QED) is 0.467. The van der Waals surface area contributed by atoms with Gasteiger partial charge < -0.3 is 25.2 Å². The molecule has 6 heteroatoms. The first-order valence-electron chi connectivity index (χ1n) is 9.17. The second-order valence-electron chi connectivity index (χ2n) is 5.99. The highest BCUT2D eigenvalue weighted by atomic mass is 16.5. The molecule has 0 aliphatic carbocycles. The number of nitrogens with one attached hydrogen (secondary N) is 2. The van der Waals surface area contributed by atoms with E-state index in [4.69, 9.17) is 9.47 Å². The number of hydrogen-bond donors (Lipinski definition) is 3. The molecule has 0 aliphatic heterocycles. The number of aromatic hydroxyl groups is 1. The first-order chi connectivity index (χ1) is 13.2. The number of rotatable bonds is 9. The van der Waals surface area contributed by atoms with Crippen LogP contribution in [0.5, 0.6) is 17.2 Å². The number of nitrogens with zero attached hydrogens (tertiary/aromatic N) is 1. The second-order valence-corrected chi connectivity index (χ2v) is 5.99. The molecule has 2 rings (SSSR count). The predicted molar refractivity (Wildman–Crippen MR) is 109 cm³/mol. The third kappa shape index (κ3) is 6.40. The summed E-state index contributed by atoms with van der Waals surface area (Å²) >= 11 is 0. The van der Waals surface area contributed by atoms with Crippen molar-refractivity contribution in [3.63, 3.8) is 0 Å². The fraction of sp³-hybridized carbons (Fsp3) is 0.381. The Kier molecular flexibility index (Phi) is 8.29. The number of guanidine groups is 1. The molecule has 2 aromatic rings. The van der Waals surface area contributed by atoms with Crippen LogP contribution in [-0.4, -0.2) is 44.9 Å². The van der Waals surface area contributed by atoms with Crippen molar-refractivity contribution in [3.05, 3.63) is 53.6 Å². The number of methoxy groups -OCH3 is 2. The minimum absolute atomic E-state index is 0.235. The van der Waals surface area contributed by atoms with Crippen LogP contribution in [-0.2, 0) is 12.8 Å². The maximum absolute atomic E-state index is 10.0. The molecule has 6 nitrogen and oxygen atoms in total. The van der Waals surface area contributed by atoms with Gasteiger partial charge in [0.1, 0.15) is 17.2 Å². The Morgan fingerprint density at radius 2 is 1.81 bits per heavy atom.